The maximum absolute atomic E-state index is 12.0. The number of ether oxygens (including phenoxy) is 1. The molecular formula is C17H16N4O3. The number of nitrogens with one attached hydrogen (secondary N) is 2. The second-order valence-electron chi connectivity index (χ2n) is 5.06. The first-order valence-corrected chi connectivity index (χ1v) is 7.29. The Labute approximate surface area is 137 Å². The summed E-state index contributed by atoms with van der Waals surface area (Å²) in [4.78, 5) is 23.9. The minimum absolute atomic E-state index is 0.0445. The summed E-state index contributed by atoms with van der Waals surface area (Å²) in [5.74, 6) is 0.0999. The predicted molar refractivity (Wildman–Crippen MR) is 91.1 cm³/mol. The molecule has 0 aliphatic heterocycles. The Bertz CT molecular complexity index is 885. The van der Waals surface area contributed by atoms with E-state index >= 15 is 0 Å². The average Bonchev–Trinajstić information content (AvgIpc) is 2.90. The van der Waals surface area contributed by atoms with Crippen LogP contribution in [0.3, 0.4) is 0 Å². The topological polar surface area (TPSA) is 102 Å². The number of nitrogens with zero attached hydrogens (tertiary/aromatic N) is 1. The molecule has 0 aliphatic carbocycles. The molecule has 0 atom stereocenters. The number of nitrogen functional groups attached to an aromatic ring is 1. The quantitative estimate of drug-likeness (QED) is 0.686. The highest BCUT2D eigenvalue weighted by atomic mass is 16.5. The molecule has 4 N–H and O–H groups in total. The van der Waals surface area contributed by atoms with E-state index in [1.807, 2.05) is 48.5 Å². The van der Waals surface area contributed by atoms with Gasteiger partial charge in [-0.25, -0.2) is 9.48 Å². The molecule has 1 aromatic heterocycles. The highest BCUT2D eigenvalue weighted by Gasteiger charge is 2.16. The Balaban J connectivity index is 1.72. The van der Waals surface area contributed by atoms with Gasteiger partial charge in [0.05, 0.1) is 5.69 Å². The first-order valence-electron chi connectivity index (χ1n) is 7.29. The third-order valence-electron chi connectivity index (χ3n) is 3.39. The zero-order chi connectivity index (χ0) is 16.9. The van der Waals surface area contributed by atoms with E-state index in [-0.39, 0.29) is 18.1 Å². The lowest BCUT2D eigenvalue weighted by Crippen LogP contribution is -2.18. The molecule has 3 aromatic rings. The van der Waals surface area contributed by atoms with Gasteiger partial charge in [-0.2, -0.15) is 0 Å². The van der Waals surface area contributed by atoms with Crippen LogP contribution in [0.15, 0.2) is 65.5 Å². The molecule has 0 radical (unpaired) electrons. The molecule has 122 valence electrons. The van der Waals surface area contributed by atoms with Crippen molar-refractivity contribution < 1.29 is 9.53 Å². The van der Waals surface area contributed by atoms with Crippen molar-refractivity contribution in [3.05, 3.63) is 76.6 Å². The fraction of sp³-hybridized carbons (Fsp3) is 0.0588. The van der Waals surface area contributed by atoms with Crippen LogP contribution in [0.5, 0.6) is 0 Å². The van der Waals surface area contributed by atoms with Crippen LogP contribution in [0.25, 0.3) is 5.69 Å². The molecule has 1 heterocycles. The number of para-hydroxylation sites is 1. The number of H-pyrrole nitrogens is 1. The molecule has 0 saturated carbocycles. The van der Waals surface area contributed by atoms with Crippen LogP contribution < -0.4 is 16.6 Å². The Kier molecular flexibility index (Phi) is 4.33. The highest BCUT2D eigenvalue weighted by Crippen LogP contribution is 2.17. The van der Waals surface area contributed by atoms with E-state index in [0.717, 1.165) is 5.56 Å². The molecule has 1 amide bonds. The number of benzene rings is 2. The van der Waals surface area contributed by atoms with E-state index in [0.29, 0.717) is 5.69 Å². The summed E-state index contributed by atoms with van der Waals surface area (Å²) >= 11 is 0. The van der Waals surface area contributed by atoms with Crippen LogP contribution in [-0.4, -0.2) is 15.9 Å². The van der Waals surface area contributed by atoms with E-state index in [9.17, 15) is 9.59 Å². The summed E-state index contributed by atoms with van der Waals surface area (Å²) in [6.45, 7) is 0.101. The molecule has 0 saturated heterocycles. The number of hydrogen-bond acceptors (Lipinski definition) is 4. The van der Waals surface area contributed by atoms with Crippen molar-refractivity contribution in [3.63, 3.8) is 0 Å². The Morgan fingerprint density at radius 1 is 1.08 bits per heavy atom. The Hall–Kier alpha value is -3.48. The average molecular weight is 324 g/mol. The maximum atomic E-state index is 12.0. The number of aromatic amines is 1. The molecule has 0 spiro atoms. The third kappa shape index (κ3) is 3.30. The zero-order valence-electron chi connectivity index (χ0n) is 12.7. The van der Waals surface area contributed by atoms with Crippen molar-refractivity contribution >= 4 is 17.6 Å². The number of amides is 1. The van der Waals surface area contributed by atoms with Gasteiger partial charge < -0.3 is 10.5 Å². The van der Waals surface area contributed by atoms with Crippen LogP contribution in [-0.2, 0) is 11.3 Å². The minimum atomic E-state index is -0.748. The first-order chi connectivity index (χ1) is 11.6. The minimum Gasteiger partial charge on any atom is -0.444 e. The molecule has 3 rings (SSSR count). The molecule has 0 aliphatic rings. The standard InChI is InChI=1S/C17H16N4O3/c18-15-14(16(22)20-21(15)13-9-5-2-6-10-13)19-17(23)24-11-12-7-3-1-4-8-12/h1-10H,11,18H2,(H,19,23)(H,20,22). The van der Waals surface area contributed by atoms with E-state index in [4.69, 9.17) is 10.5 Å². The number of rotatable bonds is 4. The summed E-state index contributed by atoms with van der Waals surface area (Å²) in [5, 5.41) is 4.96. The SMILES string of the molecule is Nc1c(NC(=O)OCc2ccccc2)c(=O)[nH]n1-c1ccccc1. The largest absolute Gasteiger partial charge is 0.444 e. The molecule has 7 heteroatoms. The second-order valence-corrected chi connectivity index (χ2v) is 5.06. The molecule has 24 heavy (non-hydrogen) atoms. The lowest BCUT2D eigenvalue weighted by molar-refractivity contribution is 0.155. The lowest BCUT2D eigenvalue weighted by atomic mass is 10.2. The van der Waals surface area contributed by atoms with E-state index in [2.05, 4.69) is 10.4 Å². The van der Waals surface area contributed by atoms with Gasteiger partial charge >= 0.3 is 6.09 Å². The third-order valence-corrected chi connectivity index (χ3v) is 3.39. The number of nitrogens with two attached hydrogens (primary N) is 1. The van der Waals surface area contributed by atoms with Gasteiger partial charge in [0.1, 0.15) is 6.61 Å². The number of hydrogen-bond donors (Lipinski definition) is 3. The van der Waals surface area contributed by atoms with E-state index in [1.54, 1.807) is 12.1 Å². The Morgan fingerprint density at radius 2 is 1.71 bits per heavy atom. The van der Waals surface area contributed by atoms with Gasteiger partial charge in [0, 0.05) is 0 Å². The van der Waals surface area contributed by atoms with Gasteiger partial charge in [0.15, 0.2) is 11.5 Å². The van der Waals surface area contributed by atoms with Crippen molar-refractivity contribution in [1.82, 2.24) is 9.78 Å². The molecule has 0 bridgehead atoms. The summed E-state index contributed by atoms with van der Waals surface area (Å²) in [6, 6.07) is 18.3. The maximum Gasteiger partial charge on any atom is 0.412 e. The number of carbonyl (C=O) groups excluding carboxylic acids is 1. The van der Waals surface area contributed by atoms with Gasteiger partial charge in [0.25, 0.3) is 5.56 Å². The van der Waals surface area contributed by atoms with Gasteiger partial charge in [-0.05, 0) is 17.7 Å². The lowest BCUT2D eigenvalue weighted by Gasteiger charge is -2.07. The smallest absolute Gasteiger partial charge is 0.412 e. The van der Waals surface area contributed by atoms with Crippen molar-refractivity contribution in [2.75, 3.05) is 11.1 Å². The first kappa shape index (κ1) is 15.4. The van der Waals surface area contributed by atoms with Crippen molar-refractivity contribution in [1.29, 1.82) is 0 Å². The summed E-state index contributed by atoms with van der Waals surface area (Å²) in [5.41, 5.74) is 6.92. The fourth-order valence-electron chi connectivity index (χ4n) is 2.21. The van der Waals surface area contributed by atoms with Crippen LogP contribution in [0, 0.1) is 0 Å². The van der Waals surface area contributed by atoms with Gasteiger partial charge in [0.2, 0.25) is 0 Å². The van der Waals surface area contributed by atoms with Crippen LogP contribution in [0.4, 0.5) is 16.3 Å². The monoisotopic (exact) mass is 324 g/mol. The number of carbonyl (C=O) groups is 1. The van der Waals surface area contributed by atoms with Crippen molar-refractivity contribution in [3.8, 4) is 5.69 Å². The van der Waals surface area contributed by atoms with Crippen LogP contribution in [0.2, 0.25) is 0 Å². The van der Waals surface area contributed by atoms with Gasteiger partial charge in [-0.1, -0.05) is 48.5 Å². The van der Waals surface area contributed by atoms with E-state index < -0.39 is 11.7 Å². The van der Waals surface area contributed by atoms with Crippen LogP contribution in [0.1, 0.15) is 5.56 Å². The summed E-state index contributed by atoms with van der Waals surface area (Å²) < 4.78 is 6.49. The van der Waals surface area contributed by atoms with Gasteiger partial charge in [-0.3, -0.25) is 15.2 Å². The normalized spacial score (nSPS) is 10.3. The van der Waals surface area contributed by atoms with E-state index in [1.165, 1.54) is 4.68 Å². The molecule has 0 unspecified atom stereocenters. The fourth-order valence-corrected chi connectivity index (χ4v) is 2.21. The highest BCUT2D eigenvalue weighted by molar-refractivity contribution is 5.88. The van der Waals surface area contributed by atoms with Crippen molar-refractivity contribution in [2.24, 2.45) is 0 Å². The molecular weight excluding hydrogens is 308 g/mol. The van der Waals surface area contributed by atoms with Gasteiger partial charge in [-0.15, -0.1) is 0 Å². The summed E-state index contributed by atoms with van der Waals surface area (Å²) in [7, 11) is 0. The summed E-state index contributed by atoms with van der Waals surface area (Å²) in [6.07, 6.45) is -0.748. The second kappa shape index (κ2) is 6.74. The van der Waals surface area contributed by atoms with Crippen LogP contribution >= 0.6 is 0 Å². The zero-order valence-corrected chi connectivity index (χ0v) is 12.7. The Morgan fingerprint density at radius 3 is 2.38 bits per heavy atom. The number of anilines is 2. The molecule has 7 nitrogen and oxygen atoms in total. The molecule has 2 aromatic carbocycles. The predicted octanol–water partition coefficient (Wildman–Crippen LogP) is 2.50. The number of aromatic nitrogens is 2. The van der Waals surface area contributed by atoms with Crippen molar-refractivity contribution in [2.45, 2.75) is 6.61 Å². The molecule has 0 fully saturated rings.